The van der Waals surface area contributed by atoms with Crippen LogP contribution < -0.4 is 10.5 Å². The number of amides is 1. The number of ether oxygens (including phenoxy) is 1. The van der Waals surface area contributed by atoms with Crippen LogP contribution in [0.5, 0.6) is 5.75 Å². The lowest BCUT2D eigenvalue weighted by Gasteiger charge is -2.12. The van der Waals surface area contributed by atoms with Crippen molar-refractivity contribution in [2.24, 2.45) is 0 Å². The summed E-state index contributed by atoms with van der Waals surface area (Å²) in [5.74, 6) is 1.16. The number of hydrogen-bond acceptors (Lipinski definition) is 4. The van der Waals surface area contributed by atoms with Crippen LogP contribution in [0, 0.1) is 0 Å². The number of nitrogens with two attached hydrogens (primary N) is 1. The lowest BCUT2D eigenvalue weighted by atomic mass is 10.3. The Hall–Kier alpha value is -2.50. The molecule has 1 aromatic heterocycles. The summed E-state index contributed by atoms with van der Waals surface area (Å²) in [7, 11) is 1.62. The predicted molar refractivity (Wildman–Crippen MR) is 79.7 cm³/mol. The maximum Gasteiger partial charge on any atom is 0.274 e. The molecule has 1 fully saturated rings. The molecule has 1 aromatic carbocycles. The van der Waals surface area contributed by atoms with E-state index in [0.717, 1.165) is 37.4 Å². The van der Waals surface area contributed by atoms with Gasteiger partial charge in [-0.05, 0) is 37.1 Å². The summed E-state index contributed by atoms with van der Waals surface area (Å²) in [5, 5.41) is 4.34. The van der Waals surface area contributed by atoms with Gasteiger partial charge in [-0.2, -0.15) is 5.10 Å². The zero-order valence-corrected chi connectivity index (χ0v) is 12.0. The van der Waals surface area contributed by atoms with Gasteiger partial charge in [0, 0.05) is 19.2 Å². The van der Waals surface area contributed by atoms with E-state index in [1.807, 2.05) is 29.2 Å². The second-order valence-electron chi connectivity index (χ2n) is 5.06. The standard InChI is InChI=1S/C15H18N4O2/c1-21-12-6-4-11(5-7-12)19-14(16)10-13(17-19)15(20)18-8-2-3-9-18/h4-7,10H,2-3,8-9,16H2,1H3. The van der Waals surface area contributed by atoms with Gasteiger partial charge < -0.3 is 15.4 Å². The Bertz CT molecular complexity index is 642. The number of methoxy groups -OCH3 is 1. The molecular formula is C15H18N4O2. The Labute approximate surface area is 123 Å². The fourth-order valence-corrected chi connectivity index (χ4v) is 2.51. The van der Waals surface area contributed by atoms with Crippen molar-refractivity contribution in [3.8, 4) is 11.4 Å². The SMILES string of the molecule is COc1ccc(-n2nc(C(=O)N3CCCC3)cc2N)cc1. The van der Waals surface area contributed by atoms with Gasteiger partial charge in [-0.25, -0.2) is 4.68 Å². The Morgan fingerprint density at radius 1 is 1.24 bits per heavy atom. The van der Waals surface area contributed by atoms with Crippen molar-refractivity contribution in [1.29, 1.82) is 0 Å². The van der Waals surface area contributed by atoms with Gasteiger partial charge in [-0.1, -0.05) is 0 Å². The first-order valence-corrected chi connectivity index (χ1v) is 6.98. The second kappa shape index (κ2) is 5.47. The van der Waals surface area contributed by atoms with Crippen molar-refractivity contribution in [1.82, 2.24) is 14.7 Å². The highest BCUT2D eigenvalue weighted by molar-refractivity contribution is 5.93. The van der Waals surface area contributed by atoms with Crippen LogP contribution in [-0.4, -0.2) is 40.8 Å². The highest BCUT2D eigenvalue weighted by atomic mass is 16.5. The molecule has 0 unspecified atom stereocenters. The third-order valence-electron chi connectivity index (χ3n) is 3.67. The minimum Gasteiger partial charge on any atom is -0.497 e. The summed E-state index contributed by atoms with van der Waals surface area (Å²) in [4.78, 5) is 14.1. The first kappa shape index (κ1) is 13.5. The van der Waals surface area contributed by atoms with Crippen molar-refractivity contribution in [2.45, 2.75) is 12.8 Å². The van der Waals surface area contributed by atoms with Gasteiger partial charge in [-0.3, -0.25) is 4.79 Å². The van der Waals surface area contributed by atoms with Crippen LogP contribution in [-0.2, 0) is 0 Å². The highest BCUT2D eigenvalue weighted by Gasteiger charge is 2.22. The van der Waals surface area contributed by atoms with Crippen LogP contribution >= 0.6 is 0 Å². The lowest BCUT2D eigenvalue weighted by Crippen LogP contribution is -2.28. The molecule has 0 atom stereocenters. The van der Waals surface area contributed by atoms with Crippen molar-refractivity contribution < 1.29 is 9.53 Å². The fourth-order valence-electron chi connectivity index (χ4n) is 2.51. The number of anilines is 1. The summed E-state index contributed by atoms with van der Waals surface area (Å²) in [5.41, 5.74) is 7.17. The smallest absolute Gasteiger partial charge is 0.274 e. The molecular weight excluding hydrogens is 268 g/mol. The van der Waals surface area contributed by atoms with E-state index in [1.54, 1.807) is 17.9 Å². The Morgan fingerprint density at radius 3 is 2.52 bits per heavy atom. The molecule has 21 heavy (non-hydrogen) atoms. The molecule has 1 aliphatic rings. The first-order valence-electron chi connectivity index (χ1n) is 6.98. The average molecular weight is 286 g/mol. The van der Waals surface area contributed by atoms with E-state index in [2.05, 4.69) is 5.10 Å². The van der Waals surface area contributed by atoms with Crippen molar-refractivity contribution >= 4 is 11.7 Å². The number of carbonyl (C=O) groups is 1. The molecule has 110 valence electrons. The number of nitrogens with zero attached hydrogens (tertiary/aromatic N) is 3. The molecule has 1 aliphatic heterocycles. The Kier molecular flexibility index (Phi) is 3.51. The zero-order chi connectivity index (χ0) is 14.8. The van der Waals surface area contributed by atoms with E-state index in [4.69, 9.17) is 10.5 Å². The number of hydrogen-bond donors (Lipinski definition) is 1. The average Bonchev–Trinajstić information content (AvgIpc) is 3.16. The highest BCUT2D eigenvalue weighted by Crippen LogP contribution is 2.20. The van der Waals surface area contributed by atoms with Crippen LogP contribution in [0.2, 0.25) is 0 Å². The summed E-state index contributed by atoms with van der Waals surface area (Å²) in [6.07, 6.45) is 2.11. The third kappa shape index (κ3) is 2.56. The third-order valence-corrected chi connectivity index (χ3v) is 3.67. The molecule has 0 spiro atoms. The first-order chi connectivity index (χ1) is 10.2. The molecule has 0 radical (unpaired) electrons. The monoisotopic (exact) mass is 286 g/mol. The van der Waals surface area contributed by atoms with Crippen LogP contribution in [0.25, 0.3) is 5.69 Å². The van der Waals surface area contributed by atoms with Crippen molar-refractivity contribution in [3.63, 3.8) is 0 Å². The maximum atomic E-state index is 12.3. The number of carbonyl (C=O) groups excluding carboxylic acids is 1. The fraction of sp³-hybridized carbons (Fsp3) is 0.333. The summed E-state index contributed by atoms with van der Waals surface area (Å²) in [6, 6.07) is 9.00. The maximum absolute atomic E-state index is 12.3. The summed E-state index contributed by atoms with van der Waals surface area (Å²) >= 11 is 0. The van der Waals surface area contributed by atoms with Gasteiger partial charge in [0.05, 0.1) is 12.8 Å². The van der Waals surface area contributed by atoms with Gasteiger partial charge in [0.2, 0.25) is 0 Å². The second-order valence-corrected chi connectivity index (χ2v) is 5.06. The van der Waals surface area contributed by atoms with Crippen molar-refractivity contribution in [3.05, 3.63) is 36.0 Å². The molecule has 2 heterocycles. The minimum absolute atomic E-state index is 0.0496. The van der Waals surface area contributed by atoms with Gasteiger partial charge in [-0.15, -0.1) is 0 Å². The van der Waals surface area contributed by atoms with Gasteiger partial charge in [0.1, 0.15) is 11.6 Å². The molecule has 2 aromatic rings. The van der Waals surface area contributed by atoms with E-state index in [-0.39, 0.29) is 5.91 Å². The number of likely N-dealkylation sites (tertiary alicyclic amines) is 1. The molecule has 3 rings (SSSR count). The molecule has 1 amide bonds. The Balaban J connectivity index is 1.87. The van der Waals surface area contributed by atoms with E-state index < -0.39 is 0 Å². The number of nitrogen functional groups attached to an aromatic ring is 1. The van der Waals surface area contributed by atoms with E-state index in [1.165, 1.54) is 0 Å². The van der Waals surface area contributed by atoms with Crippen LogP contribution in [0.4, 0.5) is 5.82 Å². The zero-order valence-electron chi connectivity index (χ0n) is 12.0. The molecule has 2 N–H and O–H groups in total. The van der Waals surface area contributed by atoms with E-state index in [9.17, 15) is 4.79 Å². The number of benzene rings is 1. The molecule has 6 heteroatoms. The summed E-state index contributed by atoms with van der Waals surface area (Å²) < 4.78 is 6.70. The van der Waals surface area contributed by atoms with E-state index in [0.29, 0.717) is 11.5 Å². The van der Waals surface area contributed by atoms with Crippen LogP contribution in [0.1, 0.15) is 23.3 Å². The van der Waals surface area contributed by atoms with E-state index >= 15 is 0 Å². The van der Waals surface area contributed by atoms with Gasteiger partial charge in [0.15, 0.2) is 5.69 Å². The predicted octanol–water partition coefficient (Wildman–Crippen LogP) is 1.70. The molecule has 0 aliphatic carbocycles. The molecule has 0 bridgehead atoms. The molecule has 1 saturated heterocycles. The Morgan fingerprint density at radius 2 is 1.90 bits per heavy atom. The minimum atomic E-state index is -0.0496. The summed E-state index contributed by atoms with van der Waals surface area (Å²) in [6.45, 7) is 1.60. The topological polar surface area (TPSA) is 73.4 Å². The lowest BCUT2D eigenvalue weighted by molar-refractivity contribution is 0.0786. The number of rotatable bonds is 3. The van der Waals surface area contributed by atoms with Gasteiger partial charge >= 0.3 is 0 Å². The normalized spacial score (nSPS) is 14.4. The van der Waals surface area contributed by atoms with Crippen LogP contribution in [0.15, 0.2) is 30.3 Å². The van der Waals surface area contributed by atoms with Crippen LogP contribution in [0.3, 0.4) is 0 Å². The molecule has 0 saturated carbocycles. The largest absolute Gasteiger partial charge is 0.497 e. The quantitative estimate of drug-likeness (QED) is 0.932. The molecule has 6 nitrogen and oxygen atoms in total. The van der Waals surface area contributed by atoms with Gasteiger partial charge in [0.25, 0.3) is 5.91 Å². The number of aromatic nitrogens is 2. The van der Waals surface area contributed by atoms with Crippen molar-refractivity contribution in [2.75, 3.05) is 25.9 Å².